The number of carbonyl (C=O) groups excluding carboxylic acids is 1. The normalized spacial score (nSPS) is 17.0. The van der Waals surface area contributed by atoms with E-state index in [-0.39, 0.29) is 17.6 Å². The van der Waals surface area contributed by atoms with Gasteiger partial charge in [-0.25, -0.2) is 4.79 Å². The van der Waals surface area contributed by atoms with Crippen LogP contribution in [-0.2, 0) is 17.8 Å². The largest absolute Gasteiger partial charge is 0.348 e. The first-order valence-corrected chi connectivity index (χ1v) is 8.52. The number of aromatic amines is 1. The van der Waals surface area contributed by atoms with Crippen molar-refractivity contribution in [1.82, 2.24) is 19.4 Å². The van der Waals surface area contributed by atoms with E-state index in [0.29, 0.717) is 18.5 Å². The number of carbonyl (C=O) groups is 1. The highest BCUT2D eigenvalue weighted by Gasteiger charge is 2.29. The molecule has 0 bridgehead atoms. The Morgan fingerprint density at radius 1 is 1.38 bits per heavy atom. The summed E-state index contributed by atoms with van der Waals surface area (Å²) < 4.78 is 2.23. The third-order valence-electron chi connectivity index (χ3n) is 4.91. The summed E-state index contributed by atoms with van der Waals surface area (Å²) in [4.78, 5) is 32.8. The van der Waals surface area contributed by atoms with Gasteiger partial charge in [0.25, 0.3) is 0 Å². The molecule has 0 spiro atoms. The van der Waals surface area contributed by atoms with Crippen LogP contribution < -0.4 is 5.69 Å². The van der Waals surface area contributed by atoms with Gasteiger partial charge >= 0.3 is 5.69 Å². The van der Waals surface area contributed by atoms with Gasteiger partial charge in [0.2, 0.25) is 5.91 Å². The van der Waals surface area contributed by atoms with Gasteiger partial charge in [-0.2, -0.15) is 4.98 Å². The predicted molar refractivity (Wildman–Crippen MR) is 91.8 cm³/mol. The Balaban J connectivity index is 1.73. The van der Waals surface area contributed by atoms with Crippen LogP contribution in [0.25, 0.3) is 0 Å². The lowest BCUT2D eigenvalue weighted by atomic mass is 10.0. The van der Waals surface area contributed by atoms with E-state index in [1.54, 1.807) is 0 Å². The Hall–Kier alpha value is -2.37. The Labute approximate surface area is 141 Å². The van der Waals surface area contributed by atoms with Crippen LogP contribution in [0.3, 0.4) is 0 Å². The van der Waals surface area contributed by atoms with Crippen LogP contribution in [0.5, 0.6) is 0 Å². The lowest BCUT2D eigenvalue weighted by Gasteiger charge is -2.36. The second-order valence-electron chi connectivity index (χ2n) is 6.37. The summed E-state index contributed by atoms with van der Waals surface area (Å²) in [5, 5.41) is 0. The zero-order valence-corrected chi connectivity index (χ0v) is 14.5. The number of amides is 1. The maximum Gasteiger partial charge on any atom is 0.345 e. The molecule has 3 rings (SSSR count). The molecule has 2 aromatic heterocycles. The van der Waals surface area contributed by atoms with Crippen molar-refractivity contribution >= 4 is 5.91 Å². The number of hydrogen-bond acceptors (Lipinski definition) is 3. The quantitative estimate of drug-likeness (QED) is 0.934. The molecule has 0 saturated carbocycles. The maximum atomic E-state index is 12.8. The molecule has 128 valence electrons. The van der Waals surface area contributed by atoms with Crippen molar-refractivity contribution in [2.75, 3.05) is 6.54 Å². The number of hydrogen-bond donors (Lipinski definition) is 1. The van der Waals surface area contributed by atoms with Gasteiger partial charge in [-0.15, -0.1) is 0 Å². The van der Waals surface area contributed by atoms with Crippen LogP contribution >= 0.6 is 0 Å². The van der Waals surface area contributed by atoms with Crippen molar-refractivity contribution in [3.8, 4) is 0 Å². The second-order valence-corrected chi connectivity index (χ2v) is 6.37. The minimum atomic E-state index is -0.331. The Bertz CT molecular complexity index is 779. The van der Waals surface area contributed by atoms with Gasteiger partial charge in [-0.1, -0.05) is 6.92 Å². The lowest BCUT2D eigenvalue weighted by Crippen LogP contribution is -2.41. The first kappa shape index (κ1) is 16.5. The zero-order chi connectivity index (χ0) is 17.3. The van der Waals surface area contributed by atoms with E-state index < -0.39 is 0 Å². The molecular formula is C18H24N4O2. The summed E-state index contributed by atoms with van der Waals surface area (Å²) in [6.07, 6.45) is 4.04. The molecule has 6 nitrogen and oxygen atoms in total. The Morgan fingerprint density at radius 3 is 2.88 bits per heavy atom. The number of nitrogens with zero attached hydrogens (tertiary/aromatic N) is 3. The van der Waals surface area contributed by atoms with Crippen LogP contribution in [0.4, 0.5) is 0 Å². The van der Waals surface area contributed by atoms with Gasteiger partial charge in [-0.3, -0.25) is 4.79 Å². The molecule has 24 heavy (non-hydrogen) atoms. The first-order valence-electron chi connectivity index (χ1n) is 8.52. The molecule has 6 heteroatoms. The fourth-order valence-electron chi connectivity index (χ4n) is 3.69. The molecule has 1 aliphatic heterocycles. The SMILES string of the molecule is CC[C@@H]1c2cccn2CCN1C(=O)CCc1c(C)nc(=O)[nH]c1C. The average Bonchev–Trinajstić information content (AvgIpc) is 3.01. The van der Waals surface area contributed by atoms with Crippen molar-refractivity contribution in [2.24, 2.45) is 0 Å². The van der Waals surface area contributed by atoms with Crippen molar-refractivity contribution in [2.45, 2.75) is 52.6 Å². The summed E-state index contributed by atoms with van der Waals surface area (Å²) >= 11 is 0. The highest BCUT2D eigenvalue weighted by molar-refractivity contribution is 5.77. The fraction of sp³-hybridized carbons (Fsp3) is 0.500. The second kappa shape index (κ2) is 6.63. The van der Waals surface area contributed by atoms with Gasteiger partial charge in [0.15, 0.2) is 0 Å². The monoisotopic (exact) mass is 328 g/mol. The van der Waals surface area contributed by atoms with Crippen molar-refractivity contribution < 1.29 is 4.79 Å². The molecular weight excluding hydrogens is 304 g/mol. The summed E-state index contributed by atoms with van der Waals surface area (Å²) in [6.45, 7) is 7.40. The number of H-pyrrole nitrogens is 1. The van der Waals surface area contributed by atoms with Crippen LogP contribution in [0.1, 0.15) is 48.5 Å². The number of rotatable bonds is 4. The molecule has 0 fully saturated rings. The molecule has 0 aromatic carbocycles. The topological polar surface area (TPSA) is 71.0 Å². The van der Waals surface area contributed by atoms with E-state index in [1.165, 1.54) is 5.69 Å². The Morgan fingerprint density at radius 2 is 2.17 bits per heavy atom. The fourth-order valence-corrected chi connectivity index (χ4v) is 3.69. The van der Waals surface area contributed by atoms with Gasteiger partial charge in [-0.05, 0) is 44.4 Å². The van der Waals surface area contributed by atoms with Gasteiger partial charge in [0.1, 0.15) is 0 Å². The average molecular weight is 328 g/mol. The molecule has 1 atom stereocenters. The van der Waals surface area contributed by atoms with Crippen molar-refractivity contribution in [3.05, 3.63) is 51.5 Å². The number of fused-ring (bicyclic) bond motifs is 1. The summed E-state index contributed by atoms with van der Waals surface area (Å²) in [7, 11) is 0. The molecule has 1 aliphatic rings. The standard InChI is InChI=1S/C18H24N4O2/c1-4-15-16-6-5-9-21(16)10-11-22(15)17(23)8-7-14-12(2)19-18(24)20-13(14)3/h5-6,9,15H,4,7-8,10-11H2,1-3H3,(H,19,20,24)/t15-/m1/s1. The first-order chi connectivity index (χ1) is 11.5. The molecule has 0 aliphatic carbocycles. The molecule has 3 heterocycles. The minimum absolute atomic E-state index is 0.150. The molecule has 0 saturated heterocycles. The van der Waals surface area contributed by atoms with Crippen molar-refractivity contribution in [1.29, 1.82) is 0 Å². The third-order valence-corrected chi connectivity index (χ3v) is 4.91. The van der Waals surface area contributed by atoms with Crippen LogP contribution in [0, 0.1) is 13.8 Å². The molecule has 1 N–H and O–H groups in total. The summed E-state index contributed by atoms with van der Waals surface area (Å²) in [5.74, 6) is 0.166. The number of nitrogens with one attached hydrogen (secondary N) is 1. The summed E-state index contributed by atoms with van der Waals surface area (Å²) in [5.41, 5.74) is 3.37. The molecule has 0 unspecified atom stereocenters. The maximum absolute atomic E-state index is 12.8. The highest BCUT2D eigenvalue weighted by atomic mass is 16.2. The minimum Gasteiger partial charge on any atom is -0.348 e. The predicted octanol–water partition coefficient (Wildman–Crippen LogP) is 2.11. The van der Waals surface area contributed by atoms with E-state index >= 15 is 0 Å². The summed E-state index contributed by atoms with van der Waals surface area (Å²) in [6, 6.07) is 4.30. The van der Waals surface area contributed by atoms with Crippen LogP contribution in [0.15, 0.2) is 23.1 Å². The smallest absolute Gasteiger partial charge is 0.345 e. The Kier molecular flexibility index (Phi) is 4.55. The van der Waals surface area contributed by atoms with Crippen LogP contribution in [0.2, 0.25) is 0 Å². The number of aromatic nitrogens is 3. The third kappa shape index (κ3) is 3.00. The molecule has 1 amide bonds. The lowest BCUT2D eigenvalue weighted by molar-refractivity contribution is -0.134. The van der Waals surface area contributed by atoms with E-state index in [4.69, 9.17) is 0 Å². The van der Waals surface area contributed by atoms with Gasteiger partial charge < -0.3 is 14.5 Å². The number of aryl methyl sites for hydroxylation is 2. The van der Waals surface area contributed by atoms with Gasteiger partial charge in [0.05, 0.1) is 6.04 Å². The van der Waals surface area contributed by atoms with Crippen molar-refractivity contribution in [3.63, 3.8) is 0 Å². The molecule has 0 radical (unpaired) electrons. The van der Waals surface area contributed by atoms with E-state index in [1.807, 2.05) is 24.8 Å². The molecule has 2 aromatic rings. The zero-order valence-electron chi connectivity index (χ0n) is 14.5. The van der Waals surface area contributed by atoms with E-state index in [9.17, 15) is 9.59 Å². The highest BCUT2D eigenvalue weighted by Crippen LogP contribution is 2.29. The van der Waals surface area contributed by atoms with E-state index in [2.05, 4.69) is 33.7 Å². The van der Waals surface area contributed by atoms with Gasteiger partial charge in [0, 0.05) is 42.8 Å². The van der Waals surface area contributed by atoms with E-state index in [0.717, 1.165) is 30.8 Å². The van der Waals surface area contributed by atoms with Crippen LogP contribution in [-0.4, -0.2) is 31.9 Å².